The van der Waals surface area contributed by atoms with E-state index in [-0.39, 0.29) is 5.97 Å². The fraction of sp³-hybridized carbons (Fsp3) is 0.923. The maximum atomic E-state index is 11.2. The average Bonchev–Trinajstić information content (AvgIpc) is 2.90. The van der Waals surface area contributed by atoms with Crippen LogP contribution in [0.15, 0.2) is 0 Å². The molecule has 0 amide bonds. The minimum absolute atomic E-state index is 0.159. The highest BCUT2D eigenvalue weighted by Crippen LogP contribution is 2.30. The van der Waals surface area contributed by atoms with Crippen LogP contribution in [0.1, 0.15) is 38.5 Å². The summed E-state index contributed by atoms with van der Waals surface area (Å²) < 4.78 is 4.68. The summed E-state index contributed by atoms with van der Waals surface area (Å²) in [4.78, 5) is 11.2. The van der Waals surface area contributed by atoms with Crippen LogP contribution in [-0.2, 0) is 9.53 Å². The van der Waals surface area contributed by atoms with Gasteiger partial charge in [-0.15, -0.1) is 0 Å². The molecule has 0 radical (unpaired) electrons. The maximum Gasteiger partial charge on any atom is 0.319 e. The lowest BCUT2D eigenvalue weighted by molar-refractivity contribution is -0.139. The predicted octanol–water partition coefficient (Wildman–Crippen LogP) is 1.06. The molecule has 3 unspecified atom stereocenters. The van der Waals surface area contributed by atoms with Gasteiger partial charge < -0.3 is 15.4 Å². The second kappa shape index (κ2) is 6.36. The Balaban J connectivity index is 1.85. The van der Waals surface area contributed by atoms with Crippen molar-refractivity contribution in [2.45, 2.75) is 50.6 Å². The molecule has 1 aliphatic carbocycles. The number of esters is 1. The third kappa shape index (κ3) is 3.42. The topological polar surface area (TPSA) is 50.4 Å². The smallest absolute Gasteiger partial charge is 0.319 e. The summed E-state index contributed by atoms with van der Waals surface area (Å²) in [5.41, 5.74) is 0. The second-order valence-corrected chi connectivity index (χ2v) is 5.21. The highest BCUT2D eigenvalue weighted by molar-refractivity contribution is 5.71. The number of methoxy groups -OCH3 is 1. The summed E-state index contributed by atoms with van der Waals surface area (Å²) in [6.07, 6.45) is 7.68. The molecule has 98 valence electrons. The maximum absolute atomic E-state index is 11.2. The molecule has 1 saturated heterocycles. The summed E-state index contributed by atoms with van der Waals surface area (Å²) in [7, 11) is 1.45. The average molecular weight is 240 g/mol. The Bertz CT molecular complexity index is 252. The van der Waals surface area contributed by atoms with Crippen LogP contribution in [0.2, 0.25) is 0 Å². The van der Waals surface area contributed by atoms with Crippen LogP contribution in [0.3, 0.4) is 0 Å². The number of nitrogens with one attached hydrogen (secondary N) is 2. The predicted molar refractivity (Wildman–Crippen MR) is 66.8 cm³/mol. The van der Waals surface area contributed by atoms with Crippen LogP contribution in [0.25, 0.3) is 0 Å². The first-order valence-electron chi connectivity index (χ1n) is 6.85. The zero-order valence-corrected chi connectivity index (χ0v) is 10.7. The Morgan fingerprint density at radius 3 is 2.82 bits per heavy atom. The lowest BCUT2D eigenvalue weighted by Gasteiger charge is -2.36. The molecule has 1 aliphatic heterocycles. The van der Waals surface area contributed by atoms with Crippen LogP contribution in [0.5, 0.6) is 0 Å². The third-order valence-electron chi connectivity index (χ3n) is 4.17. The number of carbonyl (C=O) groups excluding carboxylic acids is 1. The van der Waals surface area contributed by atoms with Crippen molar-refractivity contribution in [1.82, 2.24) is 10.6 Å². The zero-order valence-electron chi connectivity index (χ0n) is 10.7. The molecular formula is C13H24N2O2. The fourth-order valence-corrected chi connectivity index (χ4v) is 3.26. The van der Waals surface area contributed by atoms with E-state index in [1.54, 1.807) is 0 Å². The van der Waals surface area contributed by atoms with Crippen LogP contribution in [0, 0.1) is 5.92 Å². The van der Waals surface area contributed by atoms with Crippen molar-refractivity contribution < 1.29 is 9.53 Å². The zero-order chi connectivity index (χ0) is 12.1. The van der Waals surface area contributed by atoms with E-state index in [4.69, 9.17) is 0 Å². The lowest BCUT2D eigenvalue weighted by atomic mass is 9.79. The van der Waals surface area contributed by atoms with Gasteiger partial charge >= 0.3 is 5.97 Å². The number of carbonyl (C=O) groups is 1. The van der Waals surface area contributed by atoms with Gasteiger partial charge in [-0.3, -0.25) is 4.79 Å². The quantitative estimate of drug-likeness (QED) is 0.722. The number of rotatable bonds is 4. The van der Waals surface area contributed by atoms with Gasteiger partial charge in [0.2, 0.25) is 0 Å². The summed E-state index contributed by atoms with van der Waals surface area (Å²) in [6, 6.07) is 1.14. The van der Waals surface area contributed by atoms with E-state index < -0.39 is 0 Å². The minimum atomic E-state index is -0.159. The molecule has 3 atom stereocenters. The first-order valence-corrected chi connectivity index (χ1v) is 6.85. The molecule has 0 spiro atoms. The number of hydrogen-bond donors (Lipinski definition) is 2. The molecule has 2 fully saturated rings. The van der Waals surface area contributed by atoms with E-state index >= 15 is 0 Å². The minimum Gasteiger partial charge on any atom is -0.468 e. The van der Waals surface area contributed by atoms with Crippen LogP contribution in [-0.4, -0.2) is 38.3 Å². The van der Waals surface area contributed by atoms with Gasteiger partial charge in [-0.2, -0.15) is 0 Å². The summed E-state index contributed by atoms with van der Waals surface area (Å²) in [5, 5.41) is 6.99. The molecule has 1 heterocycles. The van der Waals surface area contributed by atoms with Gasteiger partial charge in [0.25, 0.3) is 0 Å². The van der Waals surface area contributed by atoms with Gasteiger partial charge in [-0.05, 0) is 38.1 Å². The molecule has 4 nitrogen and oxygen atoms in total. The SMILES string of the molecule is COC(=O)CNC1CCCCC1C1CCCN1. The van der Waals surface area contributed by atoms with E-state index in [1.165, 1.54) is 45.6 Å². The molecule has 0 bridgehead atoms. The van der Waals surface area contributed by atoms with E-state index in [0.29, 0.717) is 24.5 Å². The van der Waals surface area contributed by atoms with Crippen LogP contribution >= 0.6 is 0 Å². The van der Waals surface area contributed by atoms with Crippen molar-refractivity contribution in [3.05, 3.63) is 0 Å². The Labute approximate surface area is 103 Å². The lowest BCUT2D eigenvalue weighted by Crippen LogP contribution is -2.48. The normalized spacial score (nSPS) is 33.6. The molecule has 0 aromatic heterocycles. The number of ether oxygens (including phenoxy) is 1. The molecule has 2 aliphatic rings. The highest BCUT2D eigenvalue weighted by atomic mass is 16.5. The van der Waals surface area contributed by atoms with Crippen molar-refractivity contribution in [3.63, 3.8) is 0 Å². The van der Waals surface area contributed by atoms with E-state index in [0.717, 1.165) is 6.54 Å². The summed E-state index contributed by atoms with van der Waals surface area (Å²) in [5.74, 6) is 0.532. The summed E-state index contributed by atoms with van der Waals surface area (Å²) in [6.45, 7) is 1.51. The van der Waals surface area contributed by atoms with Crippen LogP contribution in [0.4, 0.5) is 0 Å². The van der Waals surface area contributed by atoms with Crippen molar-refractivity contribution in [1.29, 1.82) is 0 Å². The first-order chi connectivity index (χ1) is 8.31. The van der Waals surface area contributed by atoms with Crippen LogP contribution < -0.4 is 10.6 Å². The largest absolute Gasteiger partial charge is 0.468 e. The van der Waals surface area contributed by atoms with Gasteiger partial charge in [-0.1, -0.05) is 12.8 Å². The van der Waals surface area contributed by atoms with Crippen molar-refractivity contribution in [3.8, 4) is 0 Å². The Hall–Kier alpha value is -0.610. The second-order valence-electron chi connectivity index (χ2n) is 5.21. The molecule has 0 aromatic carbocycles. The third-order valence-corrected chi connectivity index (χ3v) is 4.17. The monoisotopic (exact) mass is 240 g/mol. The highest BCUT2D eigenvalue weighted by Gasteiger charge is 2.33. The fourth-order valence-electron chi connectivity index (χ4n) is 3.26. The molecule has 1 saturated carbocycles. The van der Waals surface area contributed by atoms with E-state index in [1.807, 2.05) is 0 Å². The van der Waals surface area contributed by atoms with Crippen molar-refractivity contribution in [2.75, 3.05) is 20.2 Å². The molecule has 4 heteroatoms. The van der Waals surface area contributed by atoms with Gasteiger partial charge in [0.05, 0.1) is 13.7 Å². The molecule has 0 aromatic rings. The summed E-state index contributed by atoms with van der Waals surface area (Å²) >= 11 is 0. The molecular weight excluding hydrogens is 216 g/mol. The van der Waals surface area contributed by atoms with Gasteiger partial charge in [0.1, 0.15) is 0 Å². The standard InChI is InChI=1S/C13H24N2O2/c1-17-13(16)9-15-12-6-3-2-5-10(12)11-7-4-8-14-11/h10-12,14-15H,2-9H2,1H3. The van der Waals surface area contributed by atoms with Gasteiger partial charge in [0.15, 0.2) is 0 Å². The van der Waals surface area contributed by atoms with Gasteiger partial charge in [-0.25, -0.2) is 0 Å². The molecule has 17 heavy (non-hydrogen) atoms. The molecule has 2 rings (SSSR count). The van der Waals surface area contributed by atoms with Crippen molar-refractivity contribution in [2.24, 2.45) is 5.92 Å². The Kier molecular flexibility index (Phi) is 4.80. The van der Waals surface area contributed by atoms with Gasteiger partial charge in [0, 0.05) is 12.1 Å². The van der Waals surface area contributed by atoms with Crippen molar-refractivity contribution >= 4 is 5.97 Å². The Morgan fingerprint density at radius 2 is 2.12 bits per heavy atom. The Morgan fingerprint density at radius 1 is 1.29 bits per heavy atom. The van der Waals surface area contributed by atoms with E-state index in [2.05, 4.69) is 15.4 Å². The first kappa shape index (κ1) is 12.8. The van der Waals surface area contributed by atoms with E-state index in [9.17, 15) is 4.79 Å². The molecule has 2 N–H and O–H groups in total. The number of hydrogen-bond acceptors (Lipinski definition) is 4.